The Bertz CT molecular complexity index is 2800. The van der Waals surface area contributed by atoms with Crippen molar-refractivity contribution in [2.45, 2.75) is 0 Å². The van der Waals surface area contributed by atoms with Gasteiger partial charge in [-0.25, -0.2) is 15.0 Å². The minimum Gasteiger partial charge on any atom is -0.293 e. The number of rotatable bonds is 5. The normalized spacial score (nSPS) is 11.6. The Morgan fingerprint density at radius 3 is 1.44 bits per heavy atom. The number of nitrogens with zero attached hydrogens (tertiary/aromatic N) is 5. The molecule has 50 heavy (non-hydrogen) atoms. The Hall–Kier alpha value is -6.85. The van der Waals surface area contributed by atoms with Gasteiger partial charge in [0.25, 0.3) is 0 Å². The van der Waals surface area contributed by atoms with Crippen molar-refractivity contribution in [3.05, 3.63) is 176 Å². The van der Waals surface area contributed by atoms with E-state index < -0.39 is 0 Å². The van der Waals surface area contributed by atoms with Crippen LogP contribution in [-0.4, -0.2) is 23.9 Å². The predicted octanol–water partition coefficient (Wildman–Crippen LogP) is 11.0. The van der Waals surface area contributed by atoms with Gasteiger partial charge < -0.3 is 0 Å². The van der Waals surface area contributed by atoms with Crippen molar-refractivity contribution in [2.75, 3.05) is 0 Å². The van der Waals surface area contributed by atoms with Gasteiger partial charge in [0.2, 0.25) is 0 Å². The van der Waals surface area contributed by atoms with E-state index in [1.54, 1.807) is 0 Å². The quantitative estimate of drug-likeness (QED) is 0.188. The van der Waals surface area contributed by atoms with Crippen molar-refractivity contribution in [3.8, 4) is 51.0 Å². The Labute approximate surface area is 288 Å². The second-order valence-corrected chi connectivity index (χ2v) is 12.5. The molecule has 0 saturated carbocycles. The van der Waals surface area contributed by atoms with E-state index in [2.05, 4.69) is 124 Å². The number of fused-ring (bicyclic) bond motifs is 6. The van der Waals surface area contributed by atoms with E-state index in [0.29, 0.717) is 17.5 Å². The van der Waals surface area contributed by atoms with Crippen LogP contribution < -0.4 is 0 Å². The summed E-state index contributed by atoms with van der Waals surface area (Å²) in [5.41, 5.74) is 11.0. The second-order valence-electron chi connectivity index (χ2n) is 12.5. The van der Waals surface area contributed by atoms with Crippen LogP contribution in [0.1, 0.15) is 0 Å². The van der Waals surface area contributed by atoms with Crippen molar-refractivity contribution in [1.82, 2.24) is 23.9 Å². The average molecular weight is 640 g/mol. The van der Waals surface area contributed by atoms with Crippen LogP contribution in [0.4, 0.5) is 0 Å². The van der Waals surface area contributed by atoms with Gasteiger partial charge in [0.05, 0.1) is 16.6 Å². The highest BCUT2D eigenvalue weighted by Gasteiger charge is 2.24. The molecule has 10 rings (SSSR count). The first-order valence-electron chi connectivity index (χ1n) is 16.8. The summed E-state index contributed by atoms with van der Waals surface area (Å²) in [6, 6.07) is 61.4. The summed E-state index contributed by atoms with van der Waals surface area (Å²) in [5, 5.41) is 3.42. The summed E-state index contributed by atoms with van der Waals surface area (Å²) >= 11 is 0. The number of para-hydroxylation sites is 4. The van der Waals surface area contributed by atoms with Crippen molar-refractivity contribution in [3.63, 3.8) is 0 Å². The van der Waals surface area contributed by atoms with Crippen LogP contribution >= 0.6 is 0 Å². The lowest BCUT2D eigenvalue weighted by atomic mass is 9.94. The highest BCUT2D eigenvalue weighted by Crippen LogP contribution is 2.44. The summed E-state index contributed by atoms with van der Waals surface area (Å²) in [6.07, 6.45) is 0. The van der Waals surface area contributed by atoms with E-state index in [9.17, 15) is 0 Å². The highest BCUT2D eigenvalue weighted by molar-refractivity contribution is 6.15. The van der Waals surface area contributed by atoms with Crippen molar-refractivity contribution in [2.24, 2.45) is 0 Å². The van der Waals surface area contributed by atoms with Crippen LogP contribution in [0.5, 0.6) is 0 Å². The molecular weight excluding hydrogens is 611 g/mol. The number of benzene rings is 7. The zero-order chi connectivity index (χ0) is 33.0. The standard InChI is InChI=1S/C45H29N5/c1-4-16-30(17-5-1)42-46-43(31-18-6-2-7-19-31)48-44(47-42)36-29-28-35(33-22-10-11-23-34(33)36)41-37-24-12-13-25-38(37)50-40-27-15-14-26-39(40)49(45(41)50)32-20-8-3-9-21-32/h1-29H. The van der Waals surface area contributed by atoms with Crippen molar-refractivity contribution < 1.29 is 0 Å². The Morgan fingerprint density at radius 2 is 0.800 bits per heavy atom. The third-order valence-corrected chi connectivity index (χ3v) is 9.57. The summed E-state index contributed by atoms with van der Waals surface area (Å²) in [7, 11) is 0. The molecule has 5 nitrogen and oxygen atoms in total. The molecule has 7 aromatic carbocycles. The molecule has 0 atom stereocenters. The van der Waals surface area contributed by atoms with E-state index in [1.165, 1.54) is 22.0 Å². The predicted molar refractivity (Wildman–Crippen MR) is 204 cm³/mol. The molecule has 3 heterocycles. The molecular formula is C45H29N5. The molecule has 0 radical (unpaired) electrons. The molecule has 0 aliphatic rings. The molecule has 10 aromatic rings. The fraction of sp³-hybridized carbons (Fsp3) is 0. The topological polar surface area (TPSA) is 48.0 Å². The van der Waals surface area contributed by atoms with Gasteiger partial charge in [0.15, 0.2) is 17.5 Å². The van der Waals surface area contributed by atoms with Crippen LogP contribution in [0.2, 0.25) is 0 Å². The van der Waals surface area contributed by atoms with Gasteiger partial charge in [0.1, 0.15) is 5.65 Å². The molecule has 0 N–H and O–H groups in total. The first-order chi connectivity index (χ1) is 24.8. The number of aromatic nitrogens is 5. The van der Waals surface area contributed by atoms with E-state index >= 15 is 0 Å². The first kappa shape index (κ1) is 28.2. The minimum atomic E-state index is 0.644. The average Bonchev–Trinajstić information content (AvgIpc) is 3.71. The smallest absolute Gasteiger partial charge is 0.164 e. The summed E-state index contributed by atoms with van der Waals surface area (Å²) in [4.78, 5) is 15.1. The van der Waals surface area contributed by atoms with E-state index in [1.807, 2.05) is 60.7 Å². The maximum atomic E-state index is 5.09. The van der Waals surface area contributed by atoms with Crippen LogP contribution in [0.25, 0.3) is 89.3 Å². The van der Waals surface area contributed by atoms with Gasteiger partial charge >= 0.3 is 0 Å². The fourth-order valence-corrected chi connectivity index (χ4v) is 7.38. The molecule has 0 aliphatic carbocycles. The molecule has 0 unspecified atom stereocenters. The van der Waals surface area contributed by atoms with Gasteiger partial charge in [-0.1, -0.05) is 140 Å². The third kappa shape index (κ3) is 4.37. The van der Waals surface area contributed by atoms with E-state index in [0.717, 1.165) is 49.9 Å². The van der Waals surface area contributed by atoms with Crippen LogP contribution in [-0.2, 0) is 0 Å². The van der Waals surface area contributed by atoms with Crippen LogP contribution in [0.15, 0.2) is 176 Å². The largest absolute Gasteiger partial charge is 0.293 e. The SMILES string of the molecule is c1ccc(-c2nc(-c3ccccc3)nc(-c3ccc(-c4c5ccccc5n5c6ccccc6n(-c6ccccc6)c45)c4ccccc34)n2)cc1. The fourth-order valence-electron chi connectivity index (χ4n) is 7.38. The summed E-state index contributed by atoms with van der Waals surface area (Å²) < 4.78 is 4.82. The molecule has 0 spiro atoms. The number of imidazole rings is 1. The lowest BCUT2D eigenvalue weighted by Gasteiger charge is -2.14. The molecule has 0 saturated heterocycles. The maximum Gasteiger partial charge on any atom is 0.164 e. The Morgan fingerprint density at radius 1 is 0.340 bits per heavy atom. The molecule has 234 valence electrons. The molecule has 5 heteroatoms. The molecule has 0 amide bonds. The number of hydrogen-bond donors (Lipinski definition) is 0. The van der Waals surface area contributed by atoms with Gasteiger partial charge in [0, 0.05) is 33.3 Å². The van der Waals surface area contributed by atoms with E-state index in [-0.39, 0.29) is 0 Å². The number of hydrogen-bond acceptors (Lipinski definition) is 3. The highest BCUT2D eigenvalue weighted by atomic mass is 15.1. The summed E-state index contributed by atoms with van der Waals surface area (Å²) in [6.45, 7) is 0. The Balaban J connectivity index is 1.28. The van der Waals surface area contributed by atoms with Crippen molar-refractivity contribution >= 4 is 38.4 Å². The molecule has 3 aromatic heterocycles. The Kier molecular flexibility index (Phi) is 6.42. The van der Waals surface area contributed by atoms with Crippen LogP contribution in [0.3, 0.4) is 0 Å². The third-order valence-electron chi connectivity index (χ3n) is 9.57. The lowest BCUT2D eigenvalue weighted by Crippen LogP contribution is -2.00. The minimum absolute atomic E-state index is 0.644. The molecule has 0 bridgehead atoms. The van der Waals surface area contributed by atoms with Crippen LogP contribution in [0, 0.1) is 0 Å². The molecule has 0 fully saturated rings. The first-order valence-corrected chi connectivity index (χ1v) is 16.8. The van der Waals surface area contributed by atoms with Gasteiger partial charge in [-0.15, -0.1) is 0 Å². The second kappa shape index (κ2) is 11.4. The van der Waals surface area contributed by atoms with Crippen molar-refractivity contribution in [1.29, 1.82) is 0 Å². The van der Waals surface area contributed by atoms with E-state index in [4.69, 9.17) is 15.0 Å². The maximum absolute atomic E-state index is 5.09. The molecule has 0 aliphatic heterocycles. The monoisotopic (exact) mass is 639 g/mol. The lowest BCUT2D eigenvalue weighted by molar-refractivity contribution is 1.08. The zero-order valence-corrected chi connectivity index (χ0v) is 27.0. The van der Waals surface area contributed by atoms with Gasteiger partial charge in [-0.05, 0) is 52.7 Å². The van der Waals surface area contributed by atoms with Gasteiger partial charge in [-0.2, -0.15) is 0 Å². The summed E-state index contributed by atoms with van der Waals surface area (Å²) in [5.74, 6) is 1.94. The zero-order valence-electron chi connectivity index (χ0n) is 27.0. The van der Waals surface area contributed by atoms with Gasteiger partial charge in [-0.3, -0.25) is 8.97 Å².